The molecule has 2 heterocycles. The van der Waals surface area contributed by atoms with Gasteiger partial charge in [-0.3, -0.25) is 9.78 Å². The van der Waals surface area contributed by atoms with Gasteiger partial charge in [0.2, 0.25) is 5.78 Å². The number of hydrogen-bond donors (Lipinski definition) is 0. The van der Waals surface area contributed by atoms with Crippen LogP contribution < -0.4 is 0 Å². The van der Waals surface area contributed by atoms with Gasteiger partial charge < -0.3 is 4.42 Å². The van der Waals surface area contributed by atoms with Gasteiger partial charge in [-0.15, -0.1) is 0 Å². The summed E-state index contributed by atoms with van der Waals surface area (Å²) >= 11 is 0. The molecule has 0 amide bonds. The first-order valence-corrected chi connectivity index (χ1v) is 5.31. The minimum Gasteiger partial charge on any atom is -0.458 e. The average molecular weight is 215 g/mol. The lowest BCUT2D eigenvalue weighted by Crippen LogP contribution is -2.03. The molecule has 0 aromatic carbocycles. The lowest BCUT2D eigenvalue weighted by atomic mass is 10.1. The van der Waals surface area contributed by atoms with E-state index in [0.717, 1.165) is 17.9 Å². The predicted octanol–water partition coefficient (Wildman–Crippen LogP) is 2.66. The van der Waals surface area contributed by atoms with Crippen molar-refractivity contribution < 1.29 is 9.21 Å². The van der Waals surface area contributed by atoms with E-state index in [2.05, 4.69) is 4.98 Å². The Hall–Kier alpha value is -1.90. The van der Waals surface area contributed by atoms with Crippen LogP contribution in [0.2, 0.25) is 0 Å². The summed E-state index contributed by atoms with van der Waals surface area (Å²) in [5.74, 6) is 1.23. The monoisotopic (exact) mass is 215 g/mol. The van der Waals surface area contributed by atoms with Crippen LogP contribution in [0, 0.1) is 0 Å². The maximum Gasteiger partial charge on any atom is 0.203 e. The van der Waals surface area contributed by atoms with Gasteiger partial charge in [-0.05, 0) is 24.3 Å². The fourth-order valence-electron chi connectivity index (χ4n) is 1.47. The molecule has 0 N–H and O–H groups in total. The van der Waals surface area contributed by atoms with Crippen LogP contribution in [0.4, 0.5) is 0 Å². The number of carbonyl (C=O) groups is 1. The highest BCUT2D eigenvalue weighted by atomic mass is 16.3. The lowest BCUT2D eigenvalue weighted by Gasteiger charge is -1.97. The number of carbonyl (C=O) groups excluding carboxylic acids is 1. The SMILES string of the molecule is CCc1ccc(C(=O)Cc2ccccn2)o1. The Morgan fingerprint density at radius 3 is 2.81 bits per heavy atom. The molecule has 3 nitrogen and oxygen atoms in total. The van der Waals surface area contributed by atoms with E-state index in [0.29, 0.717) is 5.76 Å². The van der Waals surface area contributed by atoms with Gasteiger partial charge >= 0.3 is 0 Å². The van der Waals surface area contributed by atoms with Gasteiger partial charge in [-0.2, -0.15) is 0 Å². The fourth-order valence-corrected chi connectivity index (χ4v) is 1.47. The van der Waals surface area contributed by atoms with E-state index >= 15 is 0 Å². The Kier molecular flexibility index (Phi) is 3.15. The summed E-state index contributed by atoms with van der Waals surface area (Å²) in [7, 11) is 0. The van der Waals surface area contributed by atoms with E-state index in [1.54, 1.807) is 12.3 Å². The van der Waals surface area contributed by atoms with Gasteiger partial charge in [0.15, 0.2) is 5.76 Å². The molecule has 2 rings (SSSR count). The summed E-state index contributed by atoms with van der Waals surface area (Å²) < 4.78 is 5.39. The highest BCUT2D eigenvalue weighted by Gasteiger charge is 2.11. The van der Waals surface area contributed by atoms with Gasteiger partial charge in [-0.1, -0.05) is 13.0 Å². The molecule has 0 atom stereocenters. The zero-order chi connectivity index (χ0) is 11.4. The van der Waals surface area contributed by atoms with Crippen molar-refractivity contribution in [3.8, 4) is 0 Å². The molecular formula is C13H13NO2. The number of rotatable bonds is 4. The second kappa shape index (κ2) is 4.75. The molecule has 0 unspecified atom stereocenters. The first-order chi connectivity index (χ1) is 7.79. The van der Waals surface area contributed by atoms with Gasteiger partial charge in [-0.25, -0.2) is 0 Å². The second-order valence-electron chi connectivity index (χ2n) is 3.54. The minimum atomic E-state index is -0.0293. The third-order valence-corrected chi connectivity index (χ3v) is 2.35. The van der Waals surface area contributed by atoms with Gasteiger partial charge in [0, 0.05) is 18.3 Å². The van der Waals surface area contributed by atoms with Crippen LogP contribution in [0.25, 0.3) is 0 Å². The van der Waals surface area contributed by atoms with E-state index < -0.39 is 0 Å². The number of nitrogens with zero attached hydrogens (tertiary/aromatic N) is 1. The van der Waals surface area contributed by atoms with Crippen LogP contribution in [0.5, 0.6) is 0 Å². The van der Waals surface area contributed by atoms with E-state index in [-0.39, 0.29) is 12.2 Å². The molecule has 0 bridgehead atoms. The number of Topliss-reactive ketones (excluding diaryl/α,β-unsaturated/α-hetero) is 1. The Bertz CT molecular complexity index is 474. The third kappa shape index (κ3) is 2.37. The van der Waals surface area contributed by atoms with Crippen molar-refractivity contribution >= 4 is 5.78 Å². The first-order valence-electron chi connectivity index (χ1n) is 5.31. The number of furan rings is 1. The molecule has 2 aromatic heterocycles. The van der Waals surface area contributed by atoms with Crippen molar-refractivity contribution in [2.75, 3.05) is 0 Å². The molecule has 82 valence electrons. The highest BCUT2D eigenvalue weighted by molar-refractivity contribution is 5.94. The van der Waals surface area contributed by atoms with Crippen LogP contribution in [0.15, 0.2) is 40.9 Å². The van der Waals surface area contributed by atoms with Gasteiger partial charge in [0.25, 0.3) is 0 Å². The maximum atomic E-state index is 11.8. The molecule has 2 aromatic rings. The van der Waals surface area contributed by atoms with Crippen LogP contribution in [-0.2, 0) is 12.8 Å². The van der Waals surface area contributed by atoms with Crippen LogP contribution in [-0.4, -0.2) is 10.8 Å². The summed E-state index contributed by atoms with van der Waals surface area (Å²) in [5, 5.41) is 0. The zero-order valence-electron chi connectivity index (χ0n) is 9.14. The largest absolute Gasteiger partial charge is 0.458 e. The number of pyridine rings is 1. The molecule has 0 aliphatic rings. The predicted molar refractivity (Wildman–Crippen MR) is 60.4 cm³/mol. The average Bonchev–Trinajstić information content (AvgIpc) is 2.79. The highest BCUT2D eigenvalue weighted by Crippen LogP contribution is 2.11. The van der Waals surface area contributed by atoms with Crippen LogP contribution >= 0.6 is 0 Å². The Morgan fingerprint density at radius 1 is 1.31 bits per heavy atom. The molecule has 0 aliphatic carbocycles. The van der Waals surface area contributed by atoms with Crippen LogP contribution in [0.1, 0.15) is 28.9 Å². The van der Waals surface area contributed by atoms with Crippen molar-refractivity contribution in [1.82, 2.24) is 4.98 Å². The van der Waals surface area contributed by atoms with Crippen molar-refractivity contribution in [3.63, 3.8) is 0 Å². The molecule has 0 saturated heterocycles. The molecular weight excluding hydrogens is 202 g/mol. The Balaban J connectivity index is 2.09. The van der Waals surface area contributed by atoms with E-state index in [1.165, 1.54) is 0 Å². The van der Waals surface area contributed by atoms with Gasteiger partial charge in [0.05, 0.1) is 6.42 Å². The number of ketones is 1. The quantitative estimate of drug-likeness (QED) is 0.736. The van der Waals surface area contributed by atoms with Crippen molar-refractivity contribution in [1.29, 1.82) is 0 Å². The summed E-state index contributed by atoms with van der Waals surface area (Å²) in [6, 6.07) is 9.10. The van der Waals surface area contributed by atoms with E-state index in [1.807, 2.05) is 31.2 Å². The van der Waals surface area contributed by atoms with Crippen molar-refractivity contribution in [3.05, 3.63) is 53.7 Å². The molecule has 16 heavy (non-hydrogen) atoms. The fraction of sp³-hybridized carbons (Fsp3) is 0.231. The molecule has 0 fully saturated rings. The molecule has 0 spiro atoms. The van der Waals surface area contributed by atoms with Crippen molar-refractivity contribution in [2.24, 2.45) is 0 Å². The van der Waals surface area contributed by atoms with E-state index in [9.17, 15) is 4.79 Å². The number of hydrogen-bond acceptors (Lipinski definition) is 3. The van der Waals surface area contributed by atoms with Crippen LogP contribution in [0.3, 0.4) is 0 Å². The second-order valence-corrected chi connectivity index (χ2v) is 3.54. The topological polar surface area (TPSA) is 43.1 Å². The van der Waals surface area contributed by atoms with E-state index in [4.69, 9.17) is 4.42 Å². The first kappa shape index (κ1) is 10.6. The van der Waals surface area contributed by atoms with Crippen molar-refractivity contribution in [2.45, 2.75) is 19.8 Å². The molecule has 3 heteroatoms. The standard InChI is InChI=1S/C13H13NO2/c1-2-11-6-7-13(16-11)12(15)9-10-5-3-4-8-14-10/h3-8H,2,9H2,1H3. The lowest BCUT2D eigenvalue weighted by molar-refractivity contribution is 0.0963. The molecule has 0 saturated carbocycles. The Labute approximate surface area is 94.1 Å². The summed E-state index contributed by atoms with van der Waals surface area (Å²) in [6.45, 7) is 1.99. The summed E-state index contributed by atoms with van der Waals surface area (Å²) in [4.78, 5) is 15.9. The molecule has 0 aliphatic heterocycles. The minimum absolute atomic E-state index is 0.0293. The maximum absolute atomic E-state index is 11.8. The number of aryl methyl sites for hydroxylation is 1. The summed E-state index contributed by atoms with van der Waals surface area (Å²) in [5.41, 5.74) is 0.766. The zero-order valence-corrected chi connectivity index (χ0v) is 9.14. The third-order valence-electron chi connectivity index (χ3n) is 2.35. The molecule has 0 radical (unpaired) electrons. The van der Waals surface area contributed by atoms with Gasteiger partial charge in [0.1, 0.15) is 5.76 Å². The normalized spacial score (nSPS) is 10.3. The smallest absolute Gasteiger partial charge is 0.203 e. The summed E-state index contributed by atoms with van der Waals surface area (Å²) in [6.07, 6.45) is 2.77. The number of aromatic nitrogens is 1. The Morgan fingerprint density at radius 2 is 2.19 bits per heavy atom.